The summed E-state index contributed by atoms with van der Waals surface area (Å²) >= 11 is 1.47. The van der Waals surface area contributed by atoms with Gasteiger partial charge in [-0.2, -0.15) is 0 Å². The molecule has 0 radical (unpaired) electrons. The summed E-state index contributed by atoms with van der Waals surface area (Å²) in [4.78, 5) is 0. The molecule has 0 atom stereocenters. The number of rotatable bonds is 4. The molecule has 94 valence electrons. The molecule has 1 aromatic carbocycles. The lowest BCUT2D eigenvalue weighted by atomic mass is 10.2. The Hall–Kier alpha value is -1.56. The number of halogens is 1. The molecule has 1 heterocycles. The summed E-state index contributed by atoms with van der Waals surface area (Å²) in [5.74, 6) is 7.69. The van der Waals surface area contributed by atoms with Crippen LogP contribution >= 0.6 is 11.8 Å². The Balaban J connectivity index is 1.69. The van der Waals surface area contributed by atoms with Crippen molar-refractivity contribution < 1.29 is 4.39 Å². The third-order valence-corrected chi connectivity index (χ3v) is 3.90. The zero-order chi connectivity index (χ0) is 12.5. The van der Waals surface area contributed by atoms with Gasteiger partial charge in [-0.1, -0.05) is 23.9 Å². The molecule has 0 aliphatic heterocycles. The van der Waals surface area contributed by atoms with Crippen LogP contribution in [0, 0.1) is 5.82 Å². The van der Waals surface area contributed by atoms with Crippen molar-refractivity contribution in [1.82, 2.24) is 14.9 Å². The van der Waals surface area contributed by atoms with E-state index in [1.54, 1.807) is 10.7 Å². The van der Waals surface area contributed by atoms with Gasteiger partial charge in [0.2, 0.25) is 5.16 Å². The lowest BCUT2D eigenvalue weighted by molar-refractivity contribution is 0.626. The molecule has 3 rings (SSSR count). The quantitative estimate of drug-likeness (QED) is 0.680. The van der Waals surface area contributed by atoms with Crippen molar-refractivity contribution in [2.24, 2.45) is 0 Å². The van der Waals surface area contributed by atoms with Gasteiger partial charge in [0.1, 0.15) is 5.82 Å². The van der Waals surface area contributed by atoms with Gasteiger partial charge in [-0.15, -0.1) is 10.2 Å². The van der Waals surface area contributed by atoms with Gasteiger partial charge in [0.05, 0.1) is 0 Å². The van der Waals surface area contributed by atoms with Gasteiger partial charge in [-0.25, -0.2) is 9.07 Å². The van der Waals surface area contributed by atoms with Gasteiger partial charge >= 0.3 is 0 Å². The Morgan fingerprint density at radius 1 is 1.39 bits per heavy atom. The van der Waals surface area contributed by atoms with Gasteiger partial charge in [0, 0.05) is 11.7 Å². The largest absolute Gasteiger partial charge is 0.336 e. The van der Waals surface area contributed by atoms with Crippen molar-refractivity contribution >= 4 is 11.8 Å². The first-order chi connectivity index (χ1) is 8.74. The maximum absolute atomic E-state index is 13.0. The molecule has 0 spiro atoms. The normalized spacial score (nSPS) is 14.9. The zero-order valence-corrected chi connectivity index (χ0v) is 10.5. The molecular weight excluding hydrogens is 251 g/mol. The minimum atomic E-state index is -0.221. The highest BCUT2D eigenvalue weighted by atomic mass is 32.2. The molecule has 1 aliphatic rings. The van der Waals surface area contributed by atoms with E-state index < -0.39 is 0 Å². The molecule has 2 aromatic rings. The molecular formula is C12H13FN4S. The molecule has 0 amide bonds. The summed E-state index contributed by atoms with van der Waals surface area (Å²) in [6, 6.07) is 6.54. The van der Waals surface area contributed by atoms with Crippen LogP contribution < -0.4 is 5.84 Å². The van der Waals surface area contributed by atoms with Crippen LogP contribution in [-0.2, 0) is 5.75 Å². The Morgan fingerprint density at radius 3 is 2.94 bits per heavy atom. The first kappa shape index (κ1) is 11.5. The SMILES string of the molecule is Nn1c(SCc2cccc(F)c2)nnc1C1CC1. The molecule has 6 heteroatoms. The van der Waals surface area contributed by atoms with Crippen molar-refractivity contribution in [3.8, 4) is 0 Å². The van der Waals surface area contributed by atoms with E-state index in [9.17, 15) is 4.39 Å². The second-order valence-corrected chi connectivity index (χ2v) is 5.35. The number of nitrogens with zero attached hydrogens (tertiary/aromatic N) is 3. The average molecular weight is 264 g/mol. The monoisotopic (exact) mass is 264 g/mol. The average Bonchev–Trinajstić information content (AvgIpc) is 3.12. The summed E-state index contributed by atoms with van der Waals surface area (Å²) in [5.41, 5.74) is 0.913. The molecule has 4 nitrogen and oxygen atoms in total. The van der Waals surface area contributed by atoms with Gasteiger partial charge in [-0.3, -0.25) is 0 Å². The highest BCUT2D eigenvalue weighted by Gasteiger charge is 2.29. The third kappa shape index (κ3) is 2.33. The number of nitrogens with two attached hydrogens (primary N) is 1. The number of aromatic nitrogens is 3. The standard InChI is InChI=1S/C12H13FN4S/c13-10-3-1-2-8(6-10)7-18-12-16-15-11(17(12)14)9-4-5-9/h1-3,6,9H,4-5,7,14H2. The van der Waals surface area contributed by atoms with E-state index in [0.717, 1.165) is 24.2 Å². The number of nitrogen functional groups attached to an aromatic ring is 1. The fraction of sp³-hybridized carbons (Fsp3) is 0.333. The molecule has 1 aromatic heterocycles. The highest BCUT2D eigenvalue weighted by molar-refractivity contribution is 7.98. The second kappa shape index (κ2) is 4.61. The van der Waals surface area contributed by atoms with Crippen LogP contribution in [0.25, 0.3) is 0 Å². The van der Waals surface area contributed by atoms with Crippen LogP contribution in [0.3, 0.4) is 0 Å². The minimum absolute atomic E-state index is 0.221. The van der Waals surface area contributed by atoms with Crippen molar-refractivity contribution in [1.29, 1.82) is 0 Å². The summed E-state index contributed by atoms with van der Waals surface area (Å²) in [5, 5.41) is 8.85. The van der Waals surface area contributed by atoms with Crippen LogP contribution in [0.1, 0.15) is 30.1 Å². The summed E-state index contributed by atoms with van der Waals surface area (Å²) in [7, 11) is 0. The molecule has 2 N–H and O–H groups in total. The molecule has 1 aliphatic carbocycles. The van der Waals surface area contributed by atoms with Crippen LogP contribution in [0.15, 0.2) is 29.4 Å². The Bertz CT molecular complexity index is 565. The zero-order valence-electron chi connectivity index (χ0n) is 9.71. The predicted molar refractivity (Wildman–Crippen MR) is 68.1 cm³/mol. The maximum Gasteiger partial charge on any atom is 0.210 e. The predicted octanol–water partition coefficient (Wildman–Crippen LogP) is 2.30. The molecule has 1 fully saturated rings. The van der Waals surface area contributed by atoms with Gasteiger partial charge in [0.25, 0.3) is 0 Å². The Morgan fingerprint density at radius 2 is 2.22 bits per heavy atom. The Kier molecular flexibility index (Phi) is 2.95. The van der Waals surface area contributed by atoms with E-state index in [0.29, 0.717) is 16.8 Å². The van der Waals surface area contributed by atoms with Crippen LogP contribution in [0.2, 0.25) is 0 Å². The van der Waals surface area contributed by atoms with Crippen molar-refractivity contribution in [2.45, 2.75) is 29.7 Å². The minimum Gasteiger partial charge on any atom is -0.336 e. The van der Waals surface area contributed by atoms with Gasteiger partial charge in [-0.05, 0) is 30.5 Å². The second-order valence-electron chi connectivity index (χ2n) is 4.40. The number of hydrogen-bond acceptors (Lipinski definition) is 4. The summed E-state index contributed by atoms with van der Waals surface area (Å²) < 4.78 is 14.6. The molecule has 18 heavy (non-hydrogen) atoms. The van der Waals surface area contributed by atoms with E-state index in [-0.39, 0.29) is 5.82 Å². The Labute approximate surface area is 108 Å². The third-order valence-electron chi connectivity index (χ3n) is 2.89. The van der Waals surface area contributed by atoms with Gasteiger partial charge < -0.3 is 5.84 Å². The molecule has 0 saturated heterocycles. The maximum atomic E-state index is 13.0. The molecule has 1 saturated carbocycles. The van der Waals surface area contributed by atoms with Crippen molar-refractivity contribution in [3.63, 3.8) is 0 Å². The first-order valence-corrected chi connectivity index (χ1v) is 6.80. The topological polar surface area (TPSA) is 56.7 Å². The van der Waals surface area contributed by atoms with E-state index in [1.165, 1.54) is 23.9 Å². The first-order valence-electron chi connectivity index (χ1n) is 5.81. The van der Waals surface area contributed by atoms with E-state index in [4.69, 9.17) is 5.84 Å². The number of thioether (sulfide) groups is 1. The smallest absolute Gasteiger partial charge is 0.210 e. The van der Waals surface area contributed by atoms with Crippen LogP contribution in [0.4, 0.5) is 4.39 Å². The summed E-state index contributed by atoms with van der Waals surface area (Å²) in [6.07, 6.45) is 2.29. The number of hydrogen-bond donors (Lipinski definition) is 1. The van der Waals surface area contributed by atoms with E-state index in [2.05, 4.69) is 10.2 Å². The van der Waals surface area contributed by atoms with Crippen LogP contribution in [0.5, 0.6) is 0 Å². The van der Waals surface area contributed by atoms with E-state index in [1.807, 2.05) is 6.07 Å². The van der Waals surface area contributed by atoms with Crippen molar-refractivity contribution in [2.75, 3.05) is 5.84 Å². The fourth-order valence-electron chi connectivity index (χ4n) is 1.78. The fourth-order valence-corrected chi connectivity index (χ4v) is 2.59. The van der Waals surface area contributed by atoms with E-state index >= 15 is 0 Å². The number of benzene rings is 1. The molecule has 0 bridgehead atoms. The van der Waals surface area contributed by atoms with Crippen molar-refractivity contribution in [3.05, 3.63) is 41.5 Å². The lowest BCUT2D eigenvalue weighted by Crippen LogP contribution is -2.13. The van der Waals surface area contributed by atoms with Crippen LogP contribution in [-0.4, -0.2) is 14.9 Å². The molecule has 0 unspecified atom stereocenters. The summed E-state index contributed by atoms with van der Waals surface area (Å²) in [6.45, 7) is 0. The lowest BCUT2D eigenvalue weighted by Gasteiger charge is -2.03. The highest BCUT2D eigenvalue weighted by Crippen LogP contribution is 2.39. The van der Waals surface area contributed by atoms with Gasteiger partial charge in [0.15, 0.2) is 5.82 Å².